The second-order valence-corrected chi connectivity index (χ2v) is 5.65. The molecule has 0 aliphatic carbocycles. The first-order chi connectivity index (χ1) is 8.81. The largest absolute Gasteiger partial charge is 0.391 e. The summed E-state index contributed by atoms with van der Waals surface area (Å²) in [6.45, 7) is 3.82. The lowest BCUT2D eigenvalue weighted by molar-refractivity contribution is 0.0892. The average molecular weight is 336 g/mol. The monoisotopic (exact) mass is 335 g/mol. The van der Waals surface area contributed by atoms with Crippen LogP contribution >= 0.6 is 15.9 Å². The molecule has 0 bridgehead atoms. The molecule has 1 amide bonds. The Balaban J connectivity index is 2.69. The van der Waals surface area contributed by atoms with Crippen LogP contribution in [-0.4, -0.2) is 23.7 Å². The molecule has 19 heavy (non-hydrogen) atoms. The van der Waals surface area contributed by atoms with Gasteiger partial charge in [-0.05, 0) is 24.5 Å². The molecule has 0 saturated heterocycles. The molecule has 0 radical (unpaired) electrons. The zero-order chi connectivity index (χ0) is 14.6. The molecule has 0 aliphatic heterocycles. The first-order valence-electron chi connectivity index (χ1n) is 5.92. The molecule has 2 N–H and O–H groups in total. The van der Waals surface area contributed by atoms with Crippen molar-refractivity contribution in [1.29, 1.82) is 0 Å². The molecule has 6 heteroatoms. The summed E-state index contributed by atoms with van der Waals surface area (Å²) in [4.78, 5) is 11.7. The van der Waals surface area contributed by atoms with Gasteiger partial charge in [-0.3, -0.25) is 4.79 Å². The van der Waals surface area contributed by atoms with Gasteiger partial charge in [-0.2, -0.15) is 0 Å². The van der Waals surface area contributed by atoms with Crippen LogP contribution in [0.25, 0.3) is 0 Å². The summed E-state index contributed by atoms with van der Waals surface area (Å²) in [5.74, 6) is -2.48. The zero-order valence-electron chi connectivity index (χ0n) is 10.7. The molecule has 0 spiro atoms. The van der Waals surface area contributed by atoms with Crippen molar-refractivity contribution >= 4 is 21.8 Å². The highest BCUT2D eigenvalue weighted by Crippen LogP contribution is 2.19. The van der Waals surface area contributed by atoms with Crippen LogP contribution in [0.15, 0.2) is 16.6 Å². The Morgan fingerprint density at radius 1 is 1.37 bits per heavy atom. The molecule has 106 valence electrons. The lowest BCUT2D eigenvalue weighted by Gasteiger charge is -2.14. The summed E-state index contributed by atoms with van der Waals surface area (Å²) in [7, 11) is 0. The van der Waals surface area contributed by atoms with E-state index in [1.807, 2.05) is 13.8 Å². The summed E-state index contributed by atoms with van der Waals surface area (Å²) in [6.07, 6.45) is -0.225. The van der Waals surface area contributed by atoms with Gasteiger partial charge in [0.2, 0.25) is 0 Å². The van der Waals surface area contributed by atoms with E-state index >= 15 is 0 Å². The van der Waals surface area contributed by atoms with Gasteiger partial charge in [0.05, 0.1) is 6.10 Å². The van der Waals surface area contributed by atoms with E-state index in [2.05, 4.69) is 21.2 Å². The van der Waals surface area contributed by atoms with Gasteiger partial charge in [0.1, 0.15) is 17.2 Å². The van der Waals surface area contributed by atoms with E-state index in [1.165, 1.54) is 0 Å². The van der Waals surface area contributed by atoms with Crippen LogP contribution in [-0.2, 0) is 0 Å². The summed E-state index contributed by atoms with van der Waals surface area (Å²) < 4.78 is 27.2. The number of halogens is 3. The number of carbonyl (C=O) groups is 1. The highest BCUT2D eigenvalue weighted by molar-refractivity contribution is 9.10. The van der Waals surface area contributed by atoms with Crippen LogP contribution in [0.4, 0.5) is 8.78 Å². The van der Waals surface area contributed by atoms with Crippen molar-refractivity contribution in [2.24, 2.45) is 5.92 Å². The number of amides is 1. The van der Waals surface area contributed by atoms with Crippen molar-refractivity contribution < 1.29 is 18.7 Å². The van der Waals surface area contributed by atoms with Crippen molar-refractivity contribution in [3.8, 4) is 0 Å². The van der Waals surface area contributed by atoms with Gasteiger partial charge in [-0.15, -0.1) is 0 Å². The standard InChI is InChI=1S/C13H16BrF2NO2/c1-7(2)3-9(18)6-17-13(19)12-10(15)4-8(14)5-11(12)16/h4-5,7,9,18H,3,6H2,1-2H3,(H,17,19). The molecular weight excluding hydrogens is 320 g/mol. The fourth-order valence-electron chi connectivity index (χ4n) is 1.69. The summed E-state index contributed by atoms with van der Waals surface area (Å²) in [6, 6.07) is 2.03. The van der Waals surface area contributed by atoms with Crippen LogP contribution in [0, 0.1) is 17.6 Å². The first kappa shape index (κ1) is 16.0. The highest BCUT2D eigenvalue weighted by Gasteiger charge is 2.19. The number of carbonyl (C=O) groups excluding carboxylic acids is 1. The Labute approximate surface area is 119 Å². The smallest absolute Gasteiger partial charge is 0.257 e. The molecular formula is C13H16BrF2NO2. The van der Waals surface area contributed by atoms with Crippen molar-refractivity contribution in [1.82, 2.24) is 5.32 Å². The van der Waals surface area contributed by atoms with Crippen molar-refractivity contribution in [2.45, 2.75) is 26.4 Å². The third-order valence-corrected chi connectivity index (χ3v) is 2.93. The van der Waals surface area contributed by atoms with Crippen LogP contribution in [0.2, 0.25) is 0 Å². The molecule has 0 aliphatic rings. The second-order valence-electron chi connectivity index (χ2n) is 4.74. The summed E-state index contributed by atoms with van der Waals surface area (Å²) in [5, 5.41) is 11.9. The minimum absolute atomic E-state index is 0.0358. The Bertz CT molecular complexity index is 443. The van der Waals surface area contributed by atoms with Gasteiger partial charge < -0.3 is 10.4 Å². The van der Waals surface area contributed by atoms with Gasteiger partial charge in [-0.1, -0.05) is 29.8 Å². The van der Waals surface area contributed by atoms with E-state index in [0.29, 0.717) is 6.42 Å². The predicted octanol–water partition coefficient (Wildman–Crippen LogP) is 2.86. The summed E-state index contributed by atoms with van der Waals surface area (Å²) in [5.41, 5.74) is -0.639. The fraction of sp³-hybridized carbons (Fsp3) is 0.462. The number of rotatable bonds is 5. The number of hydrogen-bond donors (Lipinski definition) is 2. The Morgan fingerprint density at radius 2 is 1.89 bits per heavy atom. The molecule has 0 fully saturated rings. The molecule has 0 saturated carbocycles. The Hall–Kier alpha value is -1.01. The van der Waals surface area contributed by atoms with Crippen molar-refractivity contribution in [3.63, 3.8) is 0 Å². The predicted molar refractivity (Wildman–Crippen MR) is 71.9 cm³/mol. The molecule has 1 aromatic rings. The van der Waals surface area contributed by atoms with Gasteiger partial charge >= 0.3 is 0 Å². The molecule has 1 rings (SSSR count). The first-order valence-corrected chi connectivity index (χ1v) is 6.71. The van der Waals surface area contributed by atoms with E-state index in [9.17, 15) is 18.7 Å². The third kappa shape index (κ3) is 4.87. The minimum Gasteiger partial charge on any atom is -0.391 e. The van der Waals surface area contributed by atoms with Crippen molar-refractivity contribution in [2.75, 3.05) is 6.54 Å². The topological polar surface area (TPSA) is 49.3 Å². The van der Waals surface area contributed by atoms with Gasteiger partial charge in [-0.25, -0.2) is 8.78 Å². The number of aliphatic hydroxyl groups is 1. The van der Waals surface area contributed by atoms with Crippen LogP contribution in [0.1, 0.15) is 30.6 Å². The maximum Gasteiger partial charge on any atom is 0.257 e. The fourth-order valence-corrected chi connectivity index (χ4v) is 2.09. The third-order valence-electron chi connectivity index (χ3n) is 2.48. The normalized spacial score (nSPS) is 12.6. The molecule has 1 aromatic carbocycles. The Morgan fingerprint density at radius 3 is 2.37 bits per heavy atom. The van der Waals surface area contributed by atoms with Gasteiger partial charge in [0.25, 0.3) is 5.91 Å². The van der Waals surface area contributed by atoms with E-state index in [4.69, 9.17) is 0 Å². The van der Waals surface area contributed by atoms with Gasteiger partial charge in [0.15, 0.2) is 0 Å². The maximum atomic E-state index is 13.5. The molecule has 0 aromatic heterocycles. The number of nitrogens with one attached hydrogen (secondary N) is 1. The minimum atomic E-state index is -0.942. The van der Waals surface area contributed by atoms with Crippen molar-refractivity contribution in [3.05, 3.63) is 33.8 Å². The van der Waals surface area contributed by atoms with Crippen LogP contribution in [0.3, 0.4) is 0 Å². The van der Waals surface area contributed by atoms with E-state index in [0.717, 1.165) is 12.1 Å². The molecule has 1 unspecified atom stereocenters. The number of hydrogen-bond acceptors (Lipinski definition) is 2. The van der Waals surface area contributed by atoms with Crippen LogP contribution < -0.4 is 5.32 Å². The molecule has 3 nitrogen and oxygen atoms in total. The SMILES string of the molecule is CC(C)CC(O)CNC(=O)c1c(F)cc(Br)cc1F. The number of aliphatic hydroxyl groups excluding tert-OH is 1. The summed E-state index contributed by atoms with van der Waals surface area (Å²) >= 11 is 2.93. The van der Waals surface area contributed by atoms with E-state index in [-0.39, 0.29) is 16.9 Å². The maximum absolute atomic E-state index is 13.5. The van der Waals surface area contributed by atoms with Gasteiger partial charge in [0, 0.05) is 11.0 Å². The zero-order valence-corrected chi connectivity index (χ0v) is 12.3. The van der Waals surface area contributed by atoms with E-state index in [1.54, 1.807) is 0 Å². The van der Waals surface area contributed by atoms with Crippen LogP contribution in [0.5, 0.6) is 0 Å². The quantitative estimate of drug-likeness (QED) is 0.869. The highest BCUT2D eigenvalue weighted by atomic mass is 79.9. The number of benzene rings is 1. The lowest BCUT2D eigenvalue weighted by Crippen LogP contribution is -2.33. The Kier molecular flexibility index (Phi) is 5.87. The average Bonchev–Trinajstić information content (AvgIpc) is 2.23. The lowest BCUT2D eigenvalue weighted by atomic mass is 10.1. The second kappa shape index (κ2) is 6.96. The molecule has 0 heterocycles. The molecule has 1 atom stereocenters. The van der Waals surface area contributed by atoms with E-state index < -0.39 is 29.2 Å².